The molecule has 1 aliphatic carbocycles. The van der Waals surface area contributed by atoms with Crippen LogP contribution in [0.25, 0.3) is 0 Å². The molecular weight excluding hydrogens is 205 g/mol. The first-order valence-electron chi connectivity index (χ1n) is 5.91. The van der Waals surface area contributed by atoms with Gasteiger partial charge in [0.25, 0.3) is 0 Å². The zero-order valence-corrected chi connectivity index (χ0v) is 9.54. The van der Waals surface area contributed by atoms with Gasteiger partial charge in [-0.3, -0.25) is 4.79 Å². The highest BCUT2D eigenvalue weighted by Crippen LogP contribution is 2.44. The molecule has 16 heavy (non-hydrogen) atoms. The lowest BCUT2D eigenvalue weighted by molar-refractivity contribution is -0.128. The second-order valence-corrected chi connectivity index (χ2v) is 4.90. The van der Waals surface area contributed by atoms with Crippen LogP contribution in [0.4, 0.5) is 4.39 Å². The minimum absolute atomic E-state index is 0.00155. The molecule has 1 saturated heterocycles. The van der Waals surface area contributed by atoms with Crippen molar-refractivity contribution in [3.8, 4) is 0 Å². The molecule has 1 fully saturated rings. The van der Waals surface area contributed by atoms with Crippen LogP contribution < -0.4 is 0 Å². The Morgan fingerprint density at radius 3 is 2.69 bits per heavy atom. The Labute approximate surface area is 95.8 Å². The molecule has 0 bridgehead atoms. The number of likely N-dealkylation sites (tertiary alicyclic amines) is 1. The molecule has 0 unspecified atom stereocenters. The van der Waals surface area contributed by atoms with E-state index < -0.39 is 0 Å². The molecule has 88 valence electrons. The van der Waals surface area contributed by atoms with Crippen LogP contribution in [0.5, 0.6) is 0 Å². The van der Waals surface area contributed by atoms with Gasteiger partial charge in [0.2, 0.25) is 5.91 Å². The summed E-state index contributed by atoms with van der Waals surface area (Å²) in [6.07, 6.45) is 7.40. The molecule has 3 heteroatoms. The summed E-state index contributed by atoms with van der Waals surface area (Å²) in [5, 5.41) is 0. The fraction of sp³-hybridized carbons (Fsp3) is 0.615. The Morgan fingerprint density at radius 1 is 1.44 bits per heavy atom. The van der Waals surface area contributed by atoms with Crippen LogP contribution in [-0.4, -0.2) is 23.9 Å². The molecule has 0 atom stereocenters. The zero-order chi connectivity index (χ0) is 11.6. The molecule has 2 rings (SSSR count). The second kappa shape index (κ2) is 4.40. The van der Waals surface area contributed by atoms with E-state index >= 15 is 0 Å². The largest absolute Gasteiger partial charge is 0.339 e. The zero-order valence-electron chi connectivity index (χ0n) is 9.54. The number of amides is 1. The molecule has 0 aromatic carbocycles. The van der Waals surface area contributed by atoms with E-state index in [1.807, 2.05) is 4.90 Å². The predicted molar refractivity (Wildman–Crippen MR) is 61.5 cm³/mol. The molecule has 0 N–H and O–H groups in total. The summed E-state index contributed by atoms with van der Waals surface area (Å²) < 4.78 is 13.3. The molecule has 2 aliphatic rings. The van der Waals surface area contributed by atoms with E-state index in [4.69, 9.17) is 0 Å². The summed E-state index contributed by atoms with van der Waals surface area (Å²) in [4.78, 5) is 13.2. The Morgan fingerprint density at radius 2 is 2.12 bits per heavy atom. The number of hydrogen-bond acceptors (Lipinski definition) is 1. The number of nitrogens with zero attached hydrogens (tertiary/aromatic N) is 1. The van der Waals surface area contributed by atoms with Crippen LogP contribution >= 0.6 is 0 Å². The standard InChI is InChI=1S/C13H18FNO/c1-2-12(16)15-8-6-13(7-9-15)5-3-4-11(14)10-13/h2,4H,1,3,5-10H2. The molecular formula is C13H18FNO. The topological polar surface area (TPSA) is 20.3 Å². The fourth-order valence-corrected chi connectivity index (χ4v) is 2.81. The third-order valence-electron chi connectivity index (χ3n) is 3.89. The molecule has 0 saturated carbocycles. The van der Waals surface area contributed by atoms with Crippen LogP contribution in [0.2, 0.25) is 0 Å². The third kappa shape index (κ3) is 2.18. The van der Waals surface area contributed by atoms with E-state index in [-0.39, 0.29) is 17.1 Å². The van der Waals surface area contributed by atoms with Gasteiger partial charge >= 0.3 is 0 Å². The molecule has 0 radical (unpaired) electrons. The van der Waals surface area contributed by atoms with E-state index in [2.05, 4.69) is 6.58 Å². The summed E-state index contributed by atoms with van der Waals surface area (Å²) >= 11 is 0. The van der Waals surface area contributed by atoms with Crippen LogP contribution in [0.15, 0.2) is 24.6 Å². The summed E-state index contributed by atoms with van der Waals surface area (Å²) in [6.45, 7) is 4.99. The molecule has 1 aliphatic heterocycles. The molecule has 2 nitrogen and oxygen atoms in total. The number of carbonyl (C=O) groups excluding carboxylic acids is 1. The molecule has 1 amide bonds. The summed E-state index contributed by atoms with van der Waals surface area (Å²) in [5.74, 6) is 0.0384. The van der Waals surface area contributed by atoms with Gasteiger partial charge < -0.3 is 4.90 Å². The number of halogens is 1. The van der Waals surface area contributed by atoms with Crippen LogP contribution in [0, 0.1) is 5.41 Å². The first-order chi connectivity index (χ1) is 7.65. The Balaban J connectivity index is 1.96. The van der Waals surface area contributed by atoms with Crippen molar-refractivity contribution in [2.24, 2.45) is 5.41 Å². The number of allylic oxidation sites excluding steroid dienone is 2. The van der Waals surface area contributed by atoms with Gasteiger partial charge in [-0.05, 0) is 37.2 Å². The van der Waals surface area contributed by atoms with Crippen molar-refractivity contribution < 1.29 is 9.18 Å². The van der Waals surface area contributed by atoms with Crippen molar-refractivity contribution in [1.29, 1.82) is 0 Å². The number of hydrogen-bond donors (Lipinski definition) is 0. The Kier molecular flexibility index (Phi) is 3.13. The van der Waals surface area contributed by atoms with Gasteiger partial charge in [0.15, 0.2) is 0 Å². The van der Waals surface area contributed by atoms with Crippen LogP contribution in [-0.2, 0) is 4.79 Å². The van der Waals surface area contributed by atoms with E-state index in [9.17, 15) is 9.18 Å². The van der Waals surface area contributed by atoms with Gasteiger partial charge in [0.05, 0.1) is 5.83 Å². The van der Waals surface area contributed by atoms with E-state index in [0.717, 1.165) is 38.8 Å². The minimum Gasteiger partial charge on any atom is -0.339 e. The minimum atomic E-state index is 0.00155. The highest BCUT2D eigenvalue weighted by molar-refractivity contribution is 5.87. The van der Waals surface area contributed by atoms with Crippen molar-refractivity contribution >= 4 is 5.91 Å². The van der Waals surface area contributed by atoms with E-state index in [0.29, 0.717) is 6.42 Å². The van der Waals surface area contributed by atoms with Crippen molar-refractivity contribution in [1.82, 2.24) is 4.90 Å². The number of piperidine rings is 1. The number of rotatable bonds is 1. The molecule has 1 heterocycles. The van der Waals surface area contributed by atoms with Crippen LogP contribution in [0.3, 0.4) is 0 Å². The monoisotopic (exact) mass is 223 g/mol. The van der Waals surface area contributed by atoms with Gasteiger partial charge in [0, 0.05) is 19.5 Å². The molecule has 1 spiro atoms. The van der Waals surface area contributed by atoms with E-state index in [1.54, 1.807) is 6.08 Å². The Hall–Kier alpha value is -1.12. The summed E-state index contributed by atoms with van der Waals surface area (Å²) in [6, 6.07) is 0. The van der Waals surface area contributed by atoms with Gasteiger partial charge in [0.1, 0.15) is 0 Å². The van der Waals surface area contributed by atoms with Gasteiger partial charge in [-0.25, -0.2) is 4.39 Å². The predicted octanol–water partition coefficient (Wildman–Crippen LogP) is 2.82. The lowest BCUT2D eigenvalue weighted by Gasteiger charge is -2.42. The highest BCUT2D eigenvalue weighted by atomic mass is 19.1. The maximum Gasteiger partial charge on any atom is 0.245 e. The molecule has 0 aromatic heterocycles. The van der Waals surface area contributed by atoms with Crippen molar-refractivity contribution in [2.45, 2.75) is 32.1 Å². The van der Waals surface area contributed by atoms with Crippen molar-refractivity contribution in [3.05, 3.63) is 24.6 Å². The average molecular weight is 223 g/mol. The maximum absolute atomic E-state index is 13.3. The fourth-order valence-electron chi connectivity index (χ4n) is 2.81. The lowest BCUT2D eigenvalue weighted by atomic mass is 9.70. The maximum atomic E-state index is 13.3. The third-order valence-corrected chi connectivity index (χ3v) is 3.89. The van der Waals surface area contributed by atoms with Crippen molar-refractivity contribution in [2.75, 3.05) is 13.1 Å². The first-order valence-corrected chi connectivity index (χ1v) is 5.91. The summed E-state index contributed by atoms with van der Waals surface area (Å²) in [7, 11) is 0. The highest BCUT2D eigenvalue weighted by Gasteiger charge is 2.37. The van der Waals surface area contributed by atoms with E-state index in [1.165, 1.54) is 6.08 Å². The second-order valence-electron chi connectivity index (χ2n) is 4.90. The first kappa shape index (κ1) is 11.4. The number of carbonyl (C=O) groups is 1. The summed E-state index contributed by atoms with van der Waals surface area (Å²) in [5.41, 5.74) is 0.122. The lowest BCUT2D eigenvalue weighted by Crippen LogP contribution is -2.43. The SMILES string of the molecule is C=CC(=O)N1CCC2(CCC=C(F)C2)CC1. The van der Waals surface area contributed by atoms with Gasteiger partial charge in [-0.1, -0.05) is 12.7 Å². The molecule has 0 aromatic rings. The Bertz CT molecular complexity index is 327. The quantitative estimate of drug-likeness (QED) is 0.626. The smallest absolute Gasteiger partial charge is 0.245 e. The van der Waals surface area contributed by atoms with Gasteiger partial charge in [-0.15, -0.1) is 0 Å². The van der Waals surface area contributed by atoms with Gasteiger partial charge in [-0.2, -0.15) is 0 Å². The van der Waals surface area contributed by atoms with Crippen molar-refractivity contribution in [3.63, 3.8) is 0 Å². The van der Waals surface area contributed by atoms with Crippen LogP contribution in [0.1, 0.15) is 32.1 Å². The normalized spacial score (nSPS) is 24.1. The average Bonchev–Trinajstić information content (AvgIpc) is 2.29.